The first kappa shape index (κ1) is 12.6. The first-order chi connectivity index (χ1) is 7.13. The first-order valence-corrected chi connectivity index (χ1v) is 6.48. The summed E-state index contributed by atoms with van der Waals surface area (Å²) < 4.78 is 0. The highest BCUT2D eigenvalue weighted by molar-refractivity contribution is 7.99. The predicted octanol–water partition coefficient (Wildman–Crippen LogP) is 3.64. The second kappa shape index (κ2) is 6.19. The van der Waals surface area contributed by atoms with Crippen LogP contribution in [0.1, 0.15) is 38.7 Å². The Bertz CT molecular complexity index is 279. The SMILES string of the molecule is CC(C)Sc1ccc(C(C)CCN)cc1. The summed E-state index contributed by atoms with van der Waals surface area (Å²) in [6.07, 6.45) is 1.07. The fourth-order valence-corrected chi connectivity index (χ4v) is 2.40. The minimum absolute atomic E-state index is 0.577. The van der Waals surface area contributed by atoms with E-state index < -0.39 is 0 Å². The van der Waals surface area contributed by atoms with Gasteiger partial charge < -0.3 is 5.73 Å². The zero-order chi connectivity index (χ0) is 11.3. The van der Waals surface area contributed by atoms with E-state index >= 15 is 0 Å². The largest absolute Gasteiger partial charge is 0.330 e. The lowest BCUT2D eigenvalue weighted by Crippen LogP contribution is -2.04. The van der Waals surface area contributed by atoms with Crippen molar-refractivity contribution in [3.63, 3.8) is 0 Å². The fraction of sp³-hybridized carbons (Fsp3) is 0.538. The van der Waals surface area contributed by atoms with E-state index in [1.807, 2.05) is 11.8 Å². The third-order valence-electron chi connectivity index (χ3n) is 2.42. The van der Waals surface area contributed by atoms with Crippen LogP contribution >= 0.6 is 11.8 Å². The average molecular weight is 223 g/mol. The number of hydrogen-bond acceptors (Lipinski definition) is 2. The number of benzene rings is 1. The highest BCUT2D eigenvalue weighted by atomic mass is 32.2. The van der Waals surface area contributed by atoms with Gasteiger partial charge in [-0.3, -0.25) is 0 Å². The Morgan fingerprint density at radius 1 is 1.13 bits per heavy atom. The summed E-state index contributed by atoms with van der Waals surface area (Å²) in [5, 5.41) is 0.650. The van der Waals surface area contributed by atoms with E-state index in [1.165, 1.54) is 10.5 Å². The van der Waals surface area contributed by atoms with Gasteiger partial charge in [0.2, 0.25) is 0 Å². The molecule has 2 N–H and O–H groups in total. The van der Waals surface area contributed by atoms with Crippen LogP contribution in [0.5, 0.6) is 0 Å². The summed E-state index contributed by atoms with van der Waals surface area (Å²) in [6, 6.07) is 8.89. The van der Waals surface area contributed by atoms with Crippen molar-refractivity contribution in [2.45, 2.75) is 43.3 Å². The lowest BCUT2D eigenvalue weighted by Gasteiger charge is -2.11. The van der Waals surface area contributed by atoms with Crippen LogP contribution < -0.4 is 5.73 Å². The van der Waals surface area contributed by atoms with Crippen molar-refractivity contribution in [3.05, 3.63) is 29.8 Å². The average Bonchev–Trinajstić information content (AvgIpc) is 2.18. The molecule has 0 spiro atoms. The standard InChI is InChI=1S/C13H21NS/c1-10(2)15-13-6-4-12(5-7-13)11(3)8-9-14/h4-7,10-11H,8-9,14H2,1-3H3. The van der Waals surface area contributed by atoms with Gasteiger partial charge >= 0.3 is 0 Å². The van der Waals surface area contributed by atoms with Crippen molar-refractivity contribution >= 4 is 11.8 Å². The highest BCUT2D eigenvalue weighted by Crippen LogP contribution is 2.25. The second-order valence-electron chi connectivity index (χ2n) is 4.21. The maximum absolute atomic E-state index is 5.56. The molecule has 1 unspecified atom stereocenters. The molecule has 0 aliphatic heterocycles. The second-order valence-corrected chi connectivity index (χ2v) is 5.86. The summed E-state index contributed by atoms with van der Waals surface area (Å²) in [7, 11) is 0. The van der Waals surface area contributed by atoms with Crippen molar-refractivity contribution < 1.29 is 0 Å². The third-order valence-corrected chi connectivity index (χ3v) is 3.44. The molecule has 0 fully saturated rings. The van der Waals surface area contributed by atoms with E-state index in [0.717, 1.165) is 13.0 Å². The van der Waals surface area contributed by atoms with Gasteiger partial charge in [0.25, 0.3) is 0 Å². The van der Waals surface area contributed by atoms with Crippen LogP contribution in [0.4, 0.5) is 0 Å². The number of nitrogens with two attached hydrogens (primary N) is 1. The molecular formula is C13H21NS. The van der Waals surface area contributed by atoms with Gasteiger partial charge in [0.05, 0.1) is 0 Å². The Morgan fingerprint density at radius 3 is 2.20 bits per heavy atom. The van der Waals surface area contributed by atoms with Crippen LogP contribution in [-0.2, 0) is 0 Å². The van der Waals surface area contributed by atoms with E-state index in [-0.39, 0.29) is 0 Å². The van der Waals surface area contributed by atoms with E-state index in [2.05, 4.69) is 45.0 Å². The van der Waals surface area contributed by atoms with E-state index in [9.17, 15) is 0 Å². The summed E-state index contributed by atoms with van der Waals surface area (Å²) in [4.78, 5) is 1.36. The smallest absolute Gasteiger partial charge is 0.00747 e. The molecule has 84 valence electrons. The van der Waals surface area contributed by atoms with Crippen LogP contribution in [0.2, 0.25) is 0 Å². The van der Waals surface area contributed by atoms with Crippen molar-refractivity contribution in [2.24, 2.45) is 5.73 Å². The molecule has 1 aromatic carbocycles. The quantitative estimate of drug-likeness (QED) is 0.771. The van der Waals surface area contributed by atoms with Gasteiger partial charge in [-0.1, -0.05) is 32.9 Å². The Hall–Kier alpha value is -0.470. The molecule has 0 aromatic heterocycles. The van der Waals surface area contributed by atoms with Crippen LogP contribution in [0.25, 0.3) is 0 Å². The summed E-state index contributed by atoms with van der Waals surface area (Å²) >= 11 is 1.91. The molecule has 0 amide bonds. The van der Waals surface area contributed by atoms with E-state index in [1.54, 1.807) is 0 Å². The fourth-order valence-electron chi connectivity index (χ4n) is 1.56. The van der Waals surface area contributed by atoms with Crippen LogP contribution in [0.15, 0.2) is 29.2 Å². The van der Waals surface area contributed by atoms with Crippen molar-refractivity contribution in [1.82, 2.24) is 0 Å². The predicted molar refractivity (Wildman–Crippen MR) is 69.5 cm³/mol. The maximum atomic E-state index is 5.56. The molecule has 15 heavy (non-hydrogen) atoms. The van der Waals surface area contributed by atoms with Crippen LogP contribution in [0, 0.1) is 0 Å². The lowest BCUT2D eigenvalue weighted by molar-refractivity contribution is 0.689. The van der Waals surface area contributed by atoms with Gasteiger partial charge in [0.1, 0.15) is 0 Å². The van der Waals surface area contributed by atoms with Crippen LogP contribution in [-0.4, -0.2) is 11.8 Å². The number of hydrogen-bond donors (Lipinski definition) is 1. The Labute approximate surface area is 97.4 Å². The van der Waals surface area contributed by atoms with Gasteiger partial charge in [-0.25, -0.2) is 0 Å². The van der Waals surface area contributed by atoms with E-state index in [4.69, 9.17) is 5.73 Å². The topological polar surface area (TPSA) is 26.0 Å². The first-order valence-electron chi connectivity index (χ1n) is 5.60. The number of thioether (sulfide) groups is 1. The van der Waals surface area contributed by atoms with Crippen LogP contribution in [0.3, 0.4) is 0 Å². The summed E-state index contributed by atoms with van der Waals surface area (Å²) in [6.45, 7) is 7.44. The van der Waals surface area contributed by atoms with Gasteiger partial charge in [0, 0.05) is 10.1 Å². The third kappa shape index (κ3) is 4.27. The van der Waals surface area contributed by atoms with Gasteiger partial charge in [-0.05, 0) is 36.6 Å². The molecule has 0 bridgehead atoms. The monoisotopic (exact) mass is 223 g/mol. The normalized spacial score (nSPS) is 13.1. The minimum Gasteiger partial charge on any atom is -0.330 e. The Kier molecular flexibility index (Phi) is 5.20. The van der Waals surface area contributed by atoms with Crippen molar-refractivity contribution in [3.8, 4) is 0 Å². The molecule has 1 atom stereocenters. The lowest BCUT2D eigenvalue weighted by atomic mass is 9.98. The molecule has 0 aliphatic carbocycles. The van der Waals surface area contributed by atoms with Gasteiger partial charge in [-0.15, -0.1) is 11.8 Å². The molecule has 0 heterocycles. The molecular weight excluding hydrogens is 202 g/mol. The zero-order valence-electron chi connectivity index (χ0n) is 9.86. The van der Waals surface area contributed by atoms with Gasteiger partial charge in [-0.2, -0.15) is 0 Å². The molecule has 0 saturated heterocycles. The molecule has 0 aliphatic rings. The minimum atomic E-state index is 0.577. The molecule has 1 nitrogen and oxygen atoms in total. The molecule has 2 heteroatoms. The van der Waals surface area contributed by atoms with E-state index in [0.29, 0.717) is 11.2 Å². The zero-order valence-corrected chi connectivity index (χ0v) is 10.7. The molecule has 0 saturated carbocycles. The Balaban J connectivity index is 2.63. The summed E-state index contributed by atoms with van der Waals surface area (Å²) in [5.74, 6) is 0.577. The van der Waals surface area contributed by atoms with Gasteiger partial charge in [0.15, 0.2) is 0 Å². The van der Waals surface area contributed by atoms with Crippen molar-refractivity contribution in [1.29, 1.82) is 0 Å². The number of rotatable bonds is 5. The highest BCUT2D eigenvalue weighted by Gasteiger charge is 2.04. The summed E-state index contributed by atoms with van der Waals surface area (Å²) in [5.41, 5.74) is 6.96. The molecule has 0 radical (unpaired) electrons. The maximum Gasteiger partial charge on any atom is 0.00747 e. The molecule has 1 rings (SSSR count). The Morgan fingerprint density at radius 2 is 1.73 bits per heavy atom. The van der Waals surface area contributed by atoms with Crippen molar-refractivity contribution in [2.75, 3.05) is 6.54 Å². The molecule has 1 aromatic rings.